The van der Waals surface area contributed by atoms with Crippen molar-refractivity contribution >= 4 is 71.9 Å². The molecule has 0 saturated carbocycles. The average Bonchev–Trinajstić information content (AvgIpc) is 4.02. The van der Waals surface area contributed by atoms with Gasteiger partial charge >= 0.3 is 0 Å². The third-order valence-electron chi connectivity index (χ3n) is 11.6. The molecule has 12 rings (SSSR count). The summed E-state index contributed by atoms with van der Waals surface area (Å²) < 4.78 is 15.2. The van der Waals surface area contributed by atoms with Crippen molar-refractivity contribution in [3.05, 3.63) is 212 Å². The van der Waals surface area contributed by atoms with Crippen LogP contribution in [0, 0.1) is 0 Å². The number of oxazole rings is 1. The highest BCUT2D eigenvalue weighted by atomic mass is 16.4. The first-order valence-electron chi connectivity index (χ1n) is 20.2. The lowest BCUT2D eigenvalue weighted by Crippen LogP contribution is -2.11. The van der Waals surface area contributed by atoms with Gasteiger partial charge in [0, 0.05) is 44.3 Å². The fourth-order valence-electron chi connectivity index (χ4n) is 8.85. The zero-order valence-corrected chi connectivity index (χ0v) is 32.4. The van der Waals surface area contributed by atoms with Crippen LogP contribution in [0.15, 0.2) is 221 Å². The highest BCUT2D eigenvalue weighted by molar-refractivity contribution is 6.17. The second-order valence-electron chi connectivity index (χ2n) is 15.1. The van der Waals surface area contributed by atoms with Gasteiger partial charge in [0.05, 0.1) is 22.1 Å². The van der Waals surface area contributed by atoms with Crippen LogP contribution in [0.1, 0.15) is 0 Å². The molecule has 0 aliphatic rings. The van der Waals surface area contributed by atoms with E-state index >= 15 is 0 Å². The van der Waals surface area contributed by atoms with Crippen LogP contribution in [0.25, 0.3) is 94.2 Å². The lowest BCUT2D eigenvalue weighted by molar-refractivity contribution is 0.622. The van der Waals surface area contributed by atoms with Crippen molar-refractivity contribution < 1.29 is 8.83 Å². The van der Waals surface area contributed by atoms with Gasteiger partial charge in [-0.3, -0.25) is 0 Å². The minimum absolute atomic E-state index is 0.596. The summed E-state index contributed by atoms with van der Waals surface area (Å²) in [6.07, 6.45) is 0. The standard InChI is InChI=1S/C55H35N3O2/c1-4-14-37(15-5-1)43-20-10-12-22-48(43)57(42-29-31-50-45(35-42)44-21-11-13-23-49(44)58(50)40-18-8-3-9-19-40)41-27-24-36(25-28-41)39-26-32-51-46(34-39)53-52(59-51)33-30-47-54(53)60-55(56-47)38-16-6-2-7-17-38/h1-35H. The Bertz CT molecular complexity index is 3530. The number of anilines is 3. The summed E-state index contributed by atoms with van der Waals surface area (Å²) in [6, 6.07) is 74.7. The molecule has 0 aliphatic heterocycles. The first-order valence-corrected chi connectivity index (χ1v) is 20.2. The van der Waals surface area contributed by atoms with E-state index in [4.69, 9.17) is 13.8 Å². The maximum Gasteiger partial charge on any atom is 0.227 e. The lowest BCUT2D eigenvalue weighted by atomic mass is 10.00. The van der Waals surface area contributed by atoms with Crippen molar-refractivity contribution in [2.75, 3.05) is 4.90 Å². The van der Waals surface area contributed by atoms with Crippen molar-refractivity contribution in [2.45, 2.75) is 0 Å². The Morgan fingerprint density at radius 2 is 1.07 bits per heavy atom. The molecule has 12 aromatic rings. The Labute approximate surface area is 345 Å². The van der Waals surface area contributed by atoms with Gasteiger partial charge in [-0.25, -0.2) is 4.98 Å². The van der Waals surface area contributed by atoms with E-state index in [9.17, 15) is 0 Å². The maximum absolute atomic E-state index is 6.44. The minimum Gasteiger partial charge on any atom is -0.456 e. The third-order valence-corrected chi connectivity index (χ3v) is 11.6. The predicted molar refractivity (Wildman–Crippen MR) is 247 cm³/mol. The number of rotatable bonds is 7. The largest absolute Gasteiger partial charge is 0.456 e. The summed E-state index contributed by atoms with van der Waals surface area (Å²) in [6.45, 7) is 0. The summed E-state index contributed by atoms with van der Waals surface area (Å²) in [4.78, 5) is 7.22. The average molecular weight is 770 g/mol. The SMILES string of the molecule is c1ccc(-c2nc3ccc4oc5ccc(-c6ccc(N(c7ccc8c(c7)c7ccccc7n8-c7ccccc7)c7ccccc7-c7ccccc7)cc6)cc5c4c3o2)cc1. The van der Waals surface area contributed by atoms with Crippen LogP contribution in [-0.2, 0) is 0 Å². The molecular weight excluding hydrogens is 735 g/mol. The first kappa shape index (κ1) is 33.9. The molecule has 0 N–H and O–H groups in total. The number of fused-ring (bicyclic) bond motifs is 8. The second kappa shape index (κ2) is 13.8. The maximum atomic E-state index is 6.44. The molecule has 5 heteroatoms. The molecule has 0 atom stereocenters. The summed E-state index contributed by atoms with van der Waals surface area (Å²) in [5.74, 6) is 0.596. The molecular formula is C55H35N3O2. The van der Waals surface area contributed by atoms with E-state index in [1.165, 1.54) is 21.8 Å². The van der Waals surface area contributed by atoms with Crippen molar-refractivity contribution in [3.63, 3.8) is 0 Å². The van der Waals surface area contributed by atoms with E-state index in [1.807, 2.05) is 42.5 Å². The molecule has 0 spiro atoms. The van der Waals surface area contributed by atoms with Crippen LogP contribution >= 0.6 is 0 Å². The van der Waals surface area contributed by atoms with E-state index in [-0.39, 0.29) is 0 Å². The lowest BCUT2D eigenvalue weighted by Gasteiger charge is -2.28. The zero-order chi connectivity index (χ0) is 39.6. The molecule has 0 bridgehead atoms. The van der Waals surface area contributed by atoms with Gasteiger partial charge in [0.1, 0.15) is 16.7 Å². The number of furan rings is 1. The van der Waals surface area contributed by atoms with Crippen LogP contribution in [0.3, 0.4) is 0 Å². The van der Waals surface area contributed by atoms with Gasteiger partial charge in [-0.05, 0) is 108 Å². The molecule has 0 fully saturated rings. The number of nitrogens with zero attached hydrogens (tertiary/aromatic N) is 3. The van der Waals surface area contributed by atoms with Gasteiger partial charge < -0.3 is 18.3 Å². The molecule has 60 heavy (non-hydrogen) atoms. The third kappa shape index (κ3) is 5.52. The van der Waals surface area contributed by atoms with Gasteiger partial charge in [0.15, 0.2) is 5.58 Å². The van der Waals surface area contributed by atoms with Crippen LogP contribution < -0.4 is 4.90 Å². The molecule has 9 aromatic carbocycles. The molecule has 0 radical (unpaired) electrons. The van der Waals surface area contributed by atoms with E-state index in [0.29, 0.717) is 5.89 Å². The molecule has 0 aliphatic carbocycles. The summed E-state index contributed by atoms with van der Waals surface area (Å²) in [5.41, 5.74) is 15.3. The van der Waals surface area contributed by atoms with Crippen molar-refractivity contribution in [1.29, 1.82) is 0 Å². The number of para-hydroxylation sites is 3. The van der Waals surface area contributed by atoms with E-state index in [1.54, 1.807) is 0 Å². The number of hydrogen-bond donors (Lipinski definition) is 0. The molecule has 3 aromatic heterocycles. The van der Waals surface area contributed by atoms with Crippen LogP contribution in [0.2, 0.25) is 0 Å². The quantitative estimate of drug-likeness (QED) is 0.162. The first-order chi connectivity index (χ1) is 29.7. The van der Waals surface area contributed by atoms with Gasteiger partial charge in [0.2, 0.25) is 5.89 Å². The predicted octanol–water partition coefficient (Wildman–Crippen LogP) is 15.3. The zero-order valence-electron chi connectivity index (χ0n) is 32.4. The Morgan fingerprint density at radius 3 is 1.88 bits per heavy atom. The second-order valence-corrected chi connectivity index (χ2v) is 15.1. The topological polar surface area (TPSA) is 47.3 Å². The van der Waals surface area contributed by atoms with Crippen LogP contribution in [0.5, 0.6) is 0 Å². The molecule has 282 valence electrons. The van der Waals surface area contributed by atoms with Crippen LogP contribution in [-0.4, -0.2) is 9.55 Å². The normalized spacial score (nSPS) is 11.7. The van der Waals surface area contributed by atoms with Crippen molar-refractivity contribution in [2.24, 2.45) is 0 Å². The fourth-order valence-corrected chi connectivity index (χ4v) is 8.85. The number of hydrogen-bond acceptors (Lipinski definition) is 4. The highest BCUT2D eigenvalue weighted by Gasteiger charge is 2.21. The Morgan fingerprint density at radius 1 is 0.417 bits per heavy atom. The van der Waals surface area contributed by atoms with E-state index in [0.717, 1.165) is 83.6 Å². The Hall–Kier alpha value is -8.15. The number of benzene rings is 9. The van der Waals surface area contributed by atoms with Crippen molar-refractivity contribution in [1.82, 2.24) is 9.55 Å². The summed E-state index contributed by atoms with van der Waals surface area (Å²) >= 11 is 0. The minimum atomic E-state index is 0.596. The number of aromatic nitrogens is 2. The van der Waals surface area contributed by atoms with Gasteiger partial charge in [0.25, 0.3) is 0 Å². The smallest absolute Gasteiger partial charge is 0.227 e. The van der Waals surface area contributed by atoms with Crippen LogP contribution in [0.4, 0.5) is 17.1 Å². The summed E-state index contributed by atoms with van der Waals surface area (Å²) in [5, 5.41) is 4.34. The van der Waals surface area contributed by atoms with Gasteiger partial charge in [-0.2, -0.15) is 0 Å². The Kier molecular flexibility index (Phi) is 7.78. The van der Waals surface area contributed by atoms with Crippen molar-refractivity contribution in [3.8, 4) is 39.4 Å². The monoisotopic (exact) mass is 769 g/mol. The highest BCUT2D eigenvalue weighted by Crippen LogP contribution is 2.44. The Balaban J connectivity index is 1.00. The molecule has 3 heterocycles. The van der Waals surface area contributed by atoms with Gasteiger partial charge in [-0.15, -0.1) is 0 Å². The summed E-state index contributed by atoms with van der Waals surface area (Å²) in [7, 11) is 0. The molecule has 0 unspecified atom stereocenters. The molecule has 5 nitrogen and oxygen atoms in total. The fraction of sp³-hybridized carbons (Fsp3) is 0. The van der Waals surface area contributed by atoms with E-state index < -0.39 is 0 Å². The molecule has 0 amide bonds. The van der Waals surface area contributed by atoms with Gasteiger partial charge in [-0.1, -0.05) is 121 Å². The van der Waals surface area contributed by atoms with E-state index in [2.05, 4.69) is 179 Å². The molecule has 0 saturated heterocycles.